The lowest BCUT2D eigenvalue weighted by Gasteiger charge is -2.15. The molecule has 0 saturated heterocycles. The number of unbranched alkanes of at least 4 members (excludes halogenated alkanes) is 7. The van der Waals surface area contributed by atoms with E-state index in [2.05, 4.69) is 6.92 Å². The van der Waals surface area contributed by atoms with Crippen molar-refractivity contribution >= 4 is 0 Å². The molecule has 0 aliphatic rings. The van der Waals surface area contributed by atoms with Crippen molar-refractivity contribution in [3.05, 3.63) is 29.3 Å². The van der Waals surface area contributed by atoms with Gasteiger partial charge in [0.1, 0.15) is 5.75 Å². The third-order valence-electron chi connectivity index (χ3n) is 4.08. The molecular weight excluding hydrogens is 260 g/mol. The molecule has 2 heteroatoms. The predicted octanol–water partition coefficient (Wildman–Crippen LogP) is 5.57. The SMILES string of the molecule is CCCCCCCCCCC(O)c1ccc(C)cc1OC. The van der Waals surface area contributed by atoms with Crippen LogP contribution in [0.5, 0.6) is 5.75 Å². The Hall–Kier alpha value is -1.02. The van der Waals surface area contributed by atoms with Crippen molar-refractivity contribution in [1.29, 1.82) is 0 Å². The fraction of sp³-hybridized carbons (Fsp3) is 0.684. The van der Waals surface area contributed by atoms with E-state index in [4.69, 9.17) is 4.74 Å². The number of methoxy groups -OCH3 is 1. The highest BCUT2D eigenvalue weighted by molar-refractivity contribution is 5.38. The van der Waals surface area contributed by atoms with Crippen molar-refractivity contribution in [3.8, 4) is 5.75 Å². The van der Waals surface area contributed by atoms with Gasteiger partial charge in [-0.05, 0) is 25.0 Å². The highest BCUT2D eigenvalue weighted by Crippen LogP contribution is 2.29. The quantitative estimate of drug-likeness (QED) is 0.540. The normalized spacial score (nSPS) is 12.4. The summed E-state index contributed by atoms with van der Waals surface area (Å²) in [6, 6.07) is 6.02. The third kappa shape index (κ3) is 6.99. The average molecular weight is 292 g/mol. The zero-order valence-corrected chi connectivity index (χ0v) is 14.0. The van der Waals surface area contributed by atoms with Crippen molar-refractivity contribution in [3.63, 3.8) is 0 Å². The maximum absolute atomic E-state index is 10.3. The minimum Gasteiger partial charge on any atom is -0.496 e. The number of rotatable bonds is 11. The first kappa shape index (κ1) is 18.0. The van der Waals surface area contributed by atoms with Gasteiger partial charge in [-0.1, -0.05) is 70.4 Å². The van der Waals surface area contributed by atoms with Gasteiger partial charge in [-0.15, -0.1) is 0 Å². The zero-order chi connectivity index (χ0) is 15.5. The summed E-state index contributed by atoms with van der Waals surface area (Å²) < 4.78 is 5.37. The molecule has 0 aliphatic heterocycles. The van der Waals surface area contributed by atoms with Crippen LogP contribution in [-0.4, -0.2) is 12.2 Å². The molecule has 0 fully saturated rings. The number of aliphatic hydroxyl groups excluding tert-OH is 1. The Labute approximate surface area is 130 Å². The predicted molar refractivity (Wildman–Crippen MR) is 89.9 cm³/mol. The van der Waals surface area contributed by atoms with Gasteiger partial charge in [0.2, 0.25) is 0 Å². The van der Waals surface area contributed by atoms with Gasteiger partial charge in [-0.25, -0.2) is 0 Å². The van der Waals surface area contributed by atoms with Crippen LogP contribution in [0.4, 0.5) is 0 Å². The lowest BCUT2D eigenvalue weighted by Crippen LogP contribution is -2.01. The van der Waals surface area contributed by atoms with Crippen molar-refractivity contribution in [1.82, 2.24) is 0 Å². The molecule has 0 radical (unpaired) electrons. The zero-order valence-electron chi connectivity index (χ0n) is 14.0. The Morgan fingerprint density at radius 1 is 1.00 bits per heavy atom. The second kappa shape index (κ2) is 10.7. The van der Waals surface area contributed by atoms with E-state index in [-0.39, 0.29) is 0 Å². The molecule has 0 saturated carbocycles. The van der Waals surface area contributed by atoms with E-state index >= 15 is 0 Å². The molecular formula is C19H32O2. The van der Waals surface area contributed by atoms with Crippen LogP contribution in [0.15, 0.2) is 18.2 Å². The lowest BCUT2D eigenvalue weighted by atomic mass is 10.00. The van der Waals surface area contributed by atoms with Gasteiger partial charge in [-0.3, -0.25) is 0 Å². The molecule has 0 spiro atoms. The first-order valence-corrected chi connectivity index (χ1v) is 8.51. The van der Waals surface area contributed by atoms with Crippen LogP contribution in [0.2, 0.25) is 0 Å². The van der Waals surface area contributed by atoms with Crippen LogP contribution in [0.3, 0.4) is 0 Å². The largest absolute Gasteiger partial charge is 0.496 e. The van der Waals surface area contributed by atoms with E-state index in [1.54, 1.807) is 7.11 Å². The van der Waals surface area contributed by atoms with E-state index in [0.717, 1.165) is 29.7 Å². The van der Waals surface area contributed by atoms with Crippen LogP contribution in [0, 0.1) is 6.92 Å². The van der Waals surface area contributed by atoms with Crippen LogP contribution in [0.25, 0.3) is 0 Å². The Morgan fingerprint density at radius 2 is 1.62 bits per heavy atom. The Balaban J connectivity index is 2.23. The minimum absolute atomic E-state index is 0.402. The molecule has 1 aromatic rings. The monoisotopic (exact) mass is 292 g/mol. The first-order valence-electron chi connectivity index (χ1n) is 8.51. The van der Waals surface area contributed by atoms with E-state index in [9.17, 15) is 5.11 Å². The van der Waals surface area contributed by atoms with Crippen molar-refractivity contribution in [2.75, 3.05) is 7.11 Å². The average Bonchev–Trinajstić information content (AvgIpc) is 2.49. The molecule has 0 aromatic heterocycles. The van der Waals surface area contributed by atoms with Gasteiger partial charge in [0.05, 0.1) is 13.2 Å². The van der Waals surface area contributed by atoms with E-state index < -0.39 is 6.10 Å². The van der Waals surface area contributed by atoms with Crippen LogP contribution in [-0.2, 0) is 0 Å². The summed E-state index contributed by atoms with van der Waals surface area (Å²) in [6.45, 7) is 4.29. The molecule has 2 nitrogen and oxygen atoms in total. The molecule has 1 aromatic carbocycles. The molecule has 21 heavy (non-hydrogen) atoms. The number of aryl methyl sites for hydroxylation is 1. The van der Waals surface area contributed by atoms with E-state index in [0.29, 0.717) is 0 Å². The van der Waals surface area contributed by atoms with E-state index in [1.807, 2.05) is 25.1 Å². The summed E-state index contributed by atoms with van der Waals surface area (Å²) in [5.74, 6) is 0.807. The number of benzene rings is 1. The highest BCUT2D eigenvalue weighted by Gasteiger charge is 2.12. The Bertz CT molecular complexity index is 387. The highest BCUT2D eigenvalue weighted by atomic mass is 16.5. The molecule has 0 amide bonds. The topological polar surface area (TPSA) is 29.5 Å². The van der Waals surface area contributed by atoms with Crippen LogP contribution < -0.4 is 4.74 Å². The number of hydrogen-bond acceptors (Lipinski definition) is 2. The third-order valence-corrected chi connectivity index (χ3v) is 4.08. The minimum atomic E-state index is -0.402. The van der Waals surface area contributed by atoms with Crippen LogP contribution >= 0.6 is 0 Å². The number of aliphatic hydroxyl groups is 1. The summed E-state index contributed by atoms with van der Waals surface area (Å²) in [7, 11) is 1.67. The first-order chi connectivity index (χ1) is 10.2. The van der Waals surface area contributed by atoms with Gasteiger partial charge < -0.3 is 9.84 Å². The second-order valence-electron chi connectivity index (χ2n) is 6.02. The second-order valence-corrected chi connectivity index (χ2v) is 6.02. The summed E-state index contributed by atoms with van der Waals surface area (Å²) >= 11 is 0. The molecule has 1 unspecified atom stereocenters. The molecule has 1 N–H and O–H groups in total. The van der Waals surface area contributed by atoms with Crippen molar-refractivity contribution < 1.29 is 9.84 Å². The summed E-state index contributed by atoms with van der Waals surface area (Å²) in [5, 5.41) is 10.3. The summed E-state index contributed by atoms with van der Waals surface area (Å²) in [5.41, 5.74) is 2.08. The van der Waals surface area contributed by atoms with E-state index in [1.165, 1.54) is 44.9 Å². The van der Waals surface area contributed by atoms with Crippen molar-refractivity contribution in [2.24, 2.45) is 0 Å². The van der Waals surface area contributed by atoms with Crippen molar-refractivity contribution in [2.45, 2.75) is 77.7 Å². The summed E-state index contributed by atoms with van der Waals surface area (Å²) in [6.07, 6.45) is 10.8. The van der Waals surface area contributed by atoms with Gasteiger partial charge in [0, 0.05) is 5.56 Å². The van der Waals surface area contributed by atoms with Crippen LogP contribution in [0.1, 0.15) is 81.9 Å². The fourth-order valence-electron chi connectivity index (χ4n) is 2.72. The Morgan fingerprint density at radius 3 is 2.24 bits per heavy atom. The fourth-order valence-corrected chi connectivity index (χ4v) is 2.72. The smallest absolute Gasteiger partial charge is 0.124 e. The molecule has 0 heterocycles. The van der Waals surface area contributed by atoms with Gasteiger partial charge in [0.25, 0.3) is 0 Å². The molecule has 1 rings (SSSR count). The number of ether oxygens (including phenoxy) is 1. The number of hydrogen-bond donors (Lipinski definition) is 1. The lowest BCUT2D eigenvalue weighted by molar-refractivity contribution is 0.159. The standard InChI is InChI=1S/C19H32O2/c1-4-5-6-7-8-9-10-11-12-18(20)17-14-13-16(2)15-19(17)21-3/h13-15,18,20H,4-12H2,1-3H3. The molecule has 0 aliphatic carbocycles. The maximum Gasteiger partial charge on any atom is 0.124 e. The maximum atomic E-state index is 10.3. The van der Waals surface area contributed by atoms with Gasteiger partial charge >= 0.3 is 0 Å². The summed E-state index contributed by atoms with van der Waals surface area (Å²) in [4.78, 5) is 0. The Kier molecular flexibility index (Phi) is 9.16. The molecule has 1 atom stereocenters. The molecule has 120 valence electrons. The van der Waals surface area contributed by atoms with Gasteiger partial charge in [0.15, 0.2) is 0 Å². The molecule has 0 bridgehead atoms. The van der Waals surface area contributed by atoms with Gasteiger partial charge in [-0.2, -0.15) is 0 Å².